The third-order valence-electron chi connectivity index (χ3n) is 6.07. The molecule has 0 aliphatic carbocycles. The van der Waals surface area contributed by atoms with Gasteiger partial charge in [0, 0.05) is 31.5 Å². The molecule has 1 atom stereocenters. The molecule has 3 aromatic carbocycles. The minimum atomic E-state index is -1.01. The van der Waals surface area contributed by atoms with E-state index in [-0.39, 0.29) is 30.4 Å². The van der Waals surface area contributed by atoms with Crippen molar-refractivity contribution in [3.05, 3.63) is 97.7 Å². The second-order valence-electron chi connectivity index (χ2n) is 9.06. The molecule has 1 N–H and O–H groups in total. The highest BCUT2D eigenvalue weighted by Crippen LogP contribution is 2.38. The minimum Gasteiger partial charge on any atom is -0.487 e. The lowest BCUT2D eigenvalue weighted by Crippen LogP contribution is -2.33. The van der Waals surface area contributed by atoms with Gasteiger partial charge in [0.15, 0.2) is 0 Å². The van der Waals surface area contributed by atoms with E-state index >= 15 is 0 Å². The first-order valence-corrected chi connectivity index (χ1v) is 12.4. The Labute approximate surface area is 223 Å². The Bertz CT molecular complexity index is 1330. The molecule has 0 radical (unpaired) electrons. The van der Waals surface area contributed by atoms with Crippen molar-refractivity contribution >= 4 is 46.7 Å². The first-order valence-electron chi connectivity index (χ1n) is 11.2. The molecule has 4 rings (SSSR count). The van der Waals surface area contributed by atoms with E-state index in [4.69, 9.17) is 39.5 Å². The number of fused-ring (bicyclic) bond motifs is 1. The van der Waals surface area contributed by atoms with Gasteiger partial charge in [0.05, 0.1) is 21.5 Å². The summed E-state index contributed by atoms with van der Waals surface area (Å²) in [6, 6.07) is 15.0. The molecular formula is C27H23Cl3FNO4. The van der Waals surface area contributed by atoms with Gasteiger partial charge in [-0.1, -0.05) is 53.0 Å². The summed E-state index contributed by atoms with van der Waals surface area (Å²) in [7, 11) is 0. The summed E-state index contributed by atoms with van der Waals surface area (Å²) in [6.07, 6.45) is 0.758. The standard InChI is InChI=1S/C27H23Cl3FNO4/c1-27(13-16-5-7-20(28)22(31)11-16)14-19-12-17(6-8-23(19)36-27)26(35)32(10-9-24(33)34)15-18-3-2-4-21(29)25(18)30/h2-8,11-12H,9-10,13-15H2,1H3,(H,33,34). The molecule has 1 amide bonds. The van der Waals surface area contributed by atoms with E-state index in [1.807, 2.05) is 6.92 Å². The summed E-state index contributed by atoms with van der Waals surface area (Å²) < 4.78 is 20.1. The highest BCUT2D eigenvalue weighted by molar-refractivity contribution is 6.42. The first kappa shape index (κ1) is 26.3. The topological polar surface area (TPSA) is 66.8 Å². The van der Waals surface area contributed by atoms with Crippen LogP contribution in [0, 0.1) is 5.82 Å². The molecule has 0 aromatic heterocycles. The Hall–Kier alpha value is -2.80. The molecule has 3 aromatic rings. The summed E-state index contributed by atoms with van der Waals surface area (Å²) in [5.41, 5.74) is 2.00. The monoisotopic (exact) mass is 549 g/mol. The van der Waals surface area contributed by atoms with Crippen LogP contribution in [0.5, 0.6) is 5.75 Å². The maximum absolute atomic E-state index is 13.9. The zero-order chi connectivity index (χ0) is 26.0. The number of amides is 1. The lowest BCUT2D eigenvalue weighted by molar-refractivity contribution is -0.137. The quantitative estimate of drug-likeness (QED) is 0.333. The smallest absolute Gasteiger partial charge is 0.305 e. The van der Waals surface area contributed by atoms with Crippen LogP contribution in [0.3, 0.4) is 0 Å². The van der Waals surface area contributed by atoms with E-state index in [0.29, 0.717) is 39.8 Å². The summed E-state index contributed by atoms with van der Waals surface area (Å²) in [4.78, 5) is 26.1. The maximum atomic E-state index is 13.9. The molecular weight excluding hydrogens is 528 g/mol. The summed E-state index contributed by atoms with van der Waals surface area (Å²) in [5, 5.41) is 9.93. The molecule has 1 unspecified atom stereocenters. The molecule has 188 valence electrons. The number of carbonyl (C=O) groups excluding carboxylic acids is 1. The summed E-state index contributed by atoms with van der Waals surface area (Å²) >= 11 is 18.2. The Kier molecular flexibility index (Phi) is 7.79. The molecule has 0 spiro atoms. The average Bonchev–Trinajstić information content (AvgIpc) is 3.16. The Morgan fingerprint density at radius 3 is 2.58 bits per heavy atom. The number of carboxylic acids is 1. The van der Waals surface area contributed by atoms with Gasteiger partial charge < -0.3 is 14.7 Å². The second kappa shape index (κ2) is 10.7. The third kappa shape index (κ3) is 5.94. The number of carbonyl (C=O) groups is 2. The van der Waals surface area contributed by atoms with Gasteiger partial charge in [0.2, 0.25) is 0 Å². The zero-order valence-corrected chi connectivity index (χ0v) is 21.6. The van der Waals surface area contributed by atoms with Gasteiger partial charge in [0.1, 0.15) is 17.2 Å². The molecule has 36 heavy (non-hydrogen) atoms. The number of aliphatic carboxylic acids is 1. The predicted octanol–water partition coefficient (Wildman–Crippen LogP) is 6.84. The van der Waals surface area contributed by atoms with E-state index in [9.17, 15) is 19.1 Å². The van der Waals surface area contributed by atoms with Crippen LogP contribution in [0.15, 0.2) is 54.6 Å². The molecule has 9 heteroatoms. The summed E-state index contributed by atoms with van der Waals surface area (Å²) in [5.74, 6) is -1.17. The number of rotatable bonds is 8. The number of halogens is 4. The van der Waals surface area contributed by atoms with E-state index < -0.39 is 17.4 Å². The fourth-order valence-corrected chi connectivity index (χ4v) is 4.87. The van der Waals surface area contributed by atoms with Gasteiger partial charge in [-0.05, 0) is 60.0 Å². The lowest BCUT2D eigenvalue weighted by Gasteiger charge is -2.24. The lowest BCUT2D eigenvalue weighted by atomic mass is 9.91. The summed E-state index contributed by atoms with van der Waals surface area (Å²) in [6.45, 7) is 2.05. The molecule has 1 aliphatic heterocycles. The predicted molar refractivity (Wildman–Crippen MR) is 138 cm³/mol. The fraction of sp³-hybridized carbons (Fsp3) is 0.259. The third-order valence-corrected chi connectivity index (χ3v) is 7.23. The normalized spacial score (nSPS) is 16.4. The van der Waals surface area contributed by atoms with Crippen LogP contribution in [0.25, 0.3) is 0 Å². The van der Waals surface area contributed by atoms with Gasteiger partial charge in [-0.25, -0.2) is 4.39 Å². The van der Waals surface area contributed by atoms with Crippen molar-refractivity contribution in [1.29, 1.82) is 0 Å². The van der Waals surface area contributed by atoms with E-state index in [2.05, 4.69) is 0 Å². The number of carboxylic acid groups (broad SMARTS) is 1. The van der Waals surface area contributed by atoms with Gasteiger partial charge in [0.25, 0.3) is 5.91 Å². The van der Waals surface area contributed by atoms with Crippen LogP contribution < -0.4 is 4.74 Å². The largest absolute Gasteiger partial charge is 0.487 e. The van der Waals surface area contributed by atoms with Crippen LogP contribution >= 0.6 is 34.8 Å². The molecule has 0 fully saturated rings. The van der Waals surface area contributed by atoms with Crippen LogP contribution in [-0.2, 0) is 24.2 Å². The van der Waals surface area contributed by atoms with Gasteiger partial charge >= 0.3 is 5.97 Å². The van der Waals surface area contributed by atoms with Crippen LogP contribution in [-0.4, -0.2) is 34.0 Å². The van der Waals surface area contributed by atoms with Crippen molar-refractivity contribution in [2.24, 2.45) is 0 Å². The molecule has 1 aliphatic rings. The van der Waals surface area contributed by atoms with Crippen LogP contribution in [0.4, 0.5) is 4.39 Å². The Morgan fingerprint density at radius 2 is 1.86 bits per heavy atom. The van der Waals surface area contributed by atoms with Crippen LogP contribution in [0.2, 0.25) is 15.1 Å². The molecule has 0 bridgehead atoms. The zero-order valence-electron chi connectivity index (χ0n) is 19.4. The van der Waals surface area contributed by atoms with Crippen molar-refractivity contribution in [2.45, 2.75) is 38.3 Å². The number of hydrogen-bond donors (Lipinski definition) is 1. The van der Waals surface area contributed by atoms with Crippen molar-refractivity contribution < 1.29 is 23.8 Å². The minimum absolute atomic E-state index is 0.00440. The van der Waals surface area contributed by atoms with E-state index in [1.165, 1.54) is 17.0 Å². The number of nitrogens with zero attached hydrogens (tertiary/aromatic N) is 1. The molecule has 0 saturated carbocycles. The van der Waals surface area contributed by atoms with Gasteiger partial charge in [-0.15, -0.1) is 0 Å². The van der Waals surface area contributed by atoms with E-state index in [0.717, 1.165) is 11.1 Å². The molecule has 0 saturated heterocycles. The van der Waals surface area contributed by atoms with Crippen LogP contribution in [0.1, 0.15) is 40.4 Å². The van der Waals surface area contributed by atoms with Crippen molar-refractivity contribution in [3.63, 3.8) is 0 Å². The van der Waals surface area contributed by atoms with Gasteiger partial charge in [-0.3, -0.25) is 9.59 Å². The number of benzene rings is 3. The van der Waals surface area contributed by atoms with Crippen molar-refractivity contribution in [3.8, 4) is 5.75 Å². The van der Waals surface area contributed by atoms with Crippen molar-refractivity contribution in [1.82, 2.24) is 4.90 Å². The second-order valence-corrected chi connectivity index (χ2v) is 10.3. The molecule has 5 nitrogen and oxygen atoms in total. The number of hydrogen-bond acceptors (Lipinski definition) is 3. The van der Waals surface area contributed by atoms with Gasteiger partial charge in [-0.2, -0.15) is 0 Å². The molecule has 1 heterocycles. The number of ether oxygens (including phenoxy) is 1. The van der Waals surface area contributed by atoms with E-state index in [1.54, 1.807) is 42.5 Å². The Balaban J connectivity index is 1.54. The SMILES string of the molecule is CC1(Cc2ccc(Cl)c(F)c2)Cc2cc(C(=O)N(CCC(=O)O)Cc3cccc(Cl)c3Cl)ccc2O1. The van der Waals surface area contributed by atoms with Crippen molar-refractivity contribution in [2.75, 3.05) is 6.54 Å². The highest BCUT2D eigenvalue weighted by atomic mass is 35.5. The average molecular weight is 551 g/mol. The highest BCUT2D eigenvalue weighted by Gasteiger charge is 2.36. The fourth-order valence-electron chi connectivity index (χ4n) is 4.38. The first-order chi connectivity index (χ1) is 17.0. The Morgan fingerprint density at radius 1 is 1.08 bits per heavy atom. The maximum Gasteiger partial charge on any atom is 0.305 e.